The maximum Gasteiger partial charge on any atom is 0.228 e. The molecule has 1 aliphatic heterocycles. The number of nitrogens with zero attached hydrogens (tertiary/aromatic N) is 5. The number of pyridine rings is 1. The van der Waals surface area contributed by atoms with Gasteiger partial charge in [-0.15, -0.1) is 0 Å². The molecule has 0 saturated carbocycles. The maximum atomic E-state index is 12.3. The number of aryl methyl sites for hydroxylation is 1. The monoisotopic (exact) mass is 451 g/mol. The Labute approximate surface area is 192 Å². The molecule has 166 valence electrons. The molecule has 32 heavy (non-hydrogen) atoms. The van der Waals surface area contributed by atoms with Crippen molar-refractivity contribution < 1.29 is 4.79 Å². The number of aromatic nitrogens is 3. The number of carbonyl (C=O) groups is 1. The van der Waals surface area contributed by atoms with Gasteiger partial charge in [-0.25, -0.2) is 15.0 Å². The van der Waals surface area contributed by atoms with Crippen molar-refractivity contribution in [1.82, 2.24) is 19.9 Å². The highest BCUT2D eigenvalue weighted by molar-refractivity contribution is 6.31. The molecule has 0 radical (unpaired) electrons. The van der Waals surface area contributed by atoms with Crippen LogP contribution < -0.4 is 15.5 Å². The fraction of sp³-hybridized carbons (Fsp3) is 0.304. The number of likely N-dealkylation sites (N-methyl/N-ethyl adjacent to an activating group) is 2. The number of nitrogens with one attached hydrogen (secondary N) is 2. The first-order valence-corrected chi connectivity index (χ1v) is 10.7. The van der Waals surface area contributed by atoms with Gasteiger partial charge < -0.3 is 20.4 Å². The van der Waals surface area contributed by atoms with Crippen LogP contribution in [0.5, 0.6) is 0 Å². The molecule has 0 unspecified atom stereocenters. The summed E-state index contributed by atoms with van der Waals surface area (Å²) in [4.78, 5) is 30.4. The number of carbonyl (C=O) groups excluding carboxylic acids is 1. The van der Waals surface area contributed by atoms with E-state index in [9.17, 15) is 4.79 Å². The van der Waals surface area contributed by atoms with E-state index in [4.69, 9.17) is 21.6 Å². The van der Waals surface area contributed by atoms with E-state index in [-0.39, 0.29) is 12.3 Å². The average molecular weight is 452 g/mol. The van der Waals surface area contributed by atoms with Crippen LogP contribution in [0.2, 0.25) is 5.02 Å². The number of halogens is 1. The predicted molar refractivity (Wildman–Crippen MR) is 129 cm³/mol. The molecule has 0 spiro atoms. The molecule has 0 aliphatic carbocycles. The second-order valence-electron chi connectivity index (χ2n) is 8.13. The number of amides is 1. The van der Waals surface area contributed by atoms with E-state index in [0.717, 1.165) is 41.4 Å². The first-order chi connectivity index (χ1) is 15.3. The van der Waals surface area contributed by atoms with Gasteiger partial charge in [0.05, 0.1) is 29.2 Å². The van der Waals surface area contributed by atoms with Gasteiger partial charge in [-0.1, -0.05) is 11.6 Å². The summed E-state index contributed by atoms with van der Waals surface area (Å²) in [6, 6.07) is 9.35. The lowest BCUT2D eigenvalue weighted by atomic mass is 10.1. The Bertz CT molecular complexity index is 1170. The van der Waals surface area contributed by atoms with Gasteiger partial charge >= 0.3 is 0 Å². The molecule has 0 fully saturated rings. The third-order valence-electron chi connectivity index (χ3n) is 5.32. The van der Waals surface area contributed by atoms with Gasteiger partial charge in [-0.05, 0) is 51.4 Å². The second kappa shape index (κ2) is 9.10. The fourth-order valence-corrected chi connectivity index (χ4v) is 3.67. The molecule has 1 aromatic carbocycles. The normalized spacial score (nSPS) is 12.6. The molecule has 2 N–H and O–H groups in total. The van der Waals surface area contributed by atoms with Crippen LogP contribution in [0.4, 0.5) is 23.1 Å². The SMILES string of the molecule is Cc1nc(N(C)CCN(C)C)ccc1Nc1ncc2c(n1)-c1ccc(Cl)cc1NC(=O)C2. The number of benzene rings is 1. The number of hydrogen-bond donors (Lipinski definition) is 2. The Kier molecular flexibility index (Phi) is 6.25. The van der Waals surface area contributed by atoms with Crippen molar-refractivity contribution in [3.05, 3.63) is 52.8 Å². The minimum absolute atomic E-state index is 0.120. The van der Waals surface area contributed by atoms with Crippen LogP contribution in [0.3, 0.4) is 0 Å². The molecule has 9 heteroatoms. The van der Waals surface area contributed by atoms with Crippen LogP contribution in [0.15, 0.2) is 36.5 Å². The molecule has 4 rings (SSSR count). The van der Waals surface area contributed by atoms with Crippen LogP contribution in [-0.2, 0) is 11.2 Å². The third kappa shape index (κ3) is 4.81. The fourth-order valence-electron chi connectivity index (χ4n) is 3.50. The summed E-state index contributed by atoms with van der Waals surface area (Å²) in [7, 11) is 6.14. The van der Waals surface area contributed by atoms with Gasteiger partial charge in [0.15, 0.2) is 0 Å². The molecule has 0 bridgehead atoms. The Morgan fingerprint density at radius 2 is 1.94 bits per heavy atom. The van der Waals surface area contributed by atoms with Gasteiger partial charge in [0.2, 0.25) is 11.9 Å². The first-order valence-electron chi connectivity index (χ1n) is 10.4. The van der Waals surface area contributed by atoms with E-state index in [2.05, 4.69) is 39.5 Å². The minimum Gasteiger partial charge on any atom is -0.358 e. The van der Waals surface area contributed by atoms with Crippen molar-refractivity contribution in [3.8, 4) is 11.3 Å². The summed E-state index contributed by atoms with van der Waals surface area (Å²) < 4.78 is 0. The summed E-state index contributed by atoms with van der Waals surface area (Å²) in [6.07, 6.45) is 1.90. The van der Waals surface area contributed by atoms with Crippen molar-refractivity contribution >= 4 is 40.6 Å². The van der Waals surface area contributed by atoms with Gasteiger partial charge in [0.1, 0.15) is 5.82 Å². The summed E-state index contributed by atoms with van der Waals surface area (Å²) in [6.45, 7) is 3.79. The predicted octanol–water partition coefficient (Wildman–Crippen LogP) is 3.74. The van der Waals surface area contributed by atoms with Crippen molar-refractivity contribution in [3.63, 3.8) is 0 Å². The Balaban J connectivity index is 1.60. The second-order valence-corrected chi connectivity index (χ2v) is 8.57. The number of hydrogen-bond acceptors (Lipinski definition) is 7. The lowest BCUT2D eigenvalue weighted by Gasteiger charge is -2.21. The van der Waals surface area contributed by atoms with E-state index in [1.165, 1.54) is 0 Å². The van der Waals surface area contributed by atoms with Crippen molar-refractivity contribution in [2.24, 2.45) is 0 Å². The van der Waals surface area contributed by atoms with Crippen LogP contribution in [0.1, 0.15) is 11.3 Å². The highest BCUT2D eigenvalue weighted by Crippen LogP contribution is 2.35. The Morgan fingerprint density at radius 1 is 1.12 bits per heavy atom. The Morgan fingerprint density at radius 3 is 2.69 bits per heavy atom. The zero-order valence-corrected chi connectivity index (χ0v) is 19.4. The van der Waals surface area contributed by atoms with Crippen LogP contribution in [0, 0.1) is 6.92 Å². The molecule has 1 aliphatic rings. The molecule has 2 aromatic heterocycles. The summed E-state index contributed by atoms with van der Waals surface area (Å²) in [5, 5.41) is 6.72. The van der Waals surface area contributed by atoms with Crippen LogP contribution >= 0.6 is 11.6 Å². The largest absolute Gasteiger partial charge is 0.358 e. The van der Waals surface area contributed by atoms with Gasteiger partial charge in [-0.3, -0.25) is 4.79 Å². The zero-order chi connectivity index (χ0) is 22.8. The quantitative estimate of drug-likeness (QED) is 0.590. The molecular weight excluding hydrogens is 426 g/mol. The summed E-state index contributed by atoms with van der Waals surface area (Å²) >= 11 is 6.12. The zero-order valence-electron chi connectivity index (χ0n) is 18.6. The highest BCUT2D eigenvalue weighted by Gasteiger charge is 2.21. The summed E-state index contributed by atoms with van der Waals surface area (Å²) in [5.74, 6) is 1.23. The lowest BCUT2D eigenvalue weighted by Crippen LogP contribution is -2.29. The van der Waals surface area contributed by atoms with Crippen molar-refractivity contribution in [2.75, 3.05) is 49.8 Å². The number of rotatable bonds is 6. The standard InChI is InChI=1S/C23H26ClN7O/c1-14-18(7-8-20(26-14)31(4)10-9-30(2)3)28-23-25-13-15-11-21(32)27-19-12-16(24)5-6-17(19)22(15)29-23/h5-8,12-13H,9-11H2,1-4H3,(H,27,32)(H,25,28,29). The van der Waals surface area contributed by atoms with Gasteiger partial charge in [-0.2, -0.15) is 0 Å². The van der Waals surface area contributed by atoms with E-state index in [1.54, 1.807) is 18.3 Å². The molecule has 8 nitrogen and oxygen atoms in total. The number of anilines is 4. The molecule has 1 amide bonds. The van der Waals surface area contributed by atoms with E-state index >= 15 is 0 Å². The summed E-state index contributed by atoms with van der Waals surface area (Å²) in [5.41, 5.74) is 4.61. The maximum absolute atomic E-state index is 12.3. The van der Waals surface area contributed by atoms with E-state index in [0.29, 0.717) is 22.4 Å². The van der Waals surface area contributed by atoms with Gasteiger partial charge in [0, 0.05) is 42.5 Å². The number of fused-ring (bicyclic) bond motifs is 3. The van der Waals surface area contributed by atoms with Crippen molar-refractivity contribution in [1.29, 1.82) is 0 Å². The molecule has 0 saturated heterocycles. The Hall–Kier alpha value is -3.23. The van der Waals surface area contributed by atoms with Crippen LogP contribution in [-0.4, -0.2) is 60.0 Å². The molecular formula is C23H26ClN7O. The minimum atomic E-state index is -0.120. The lowest BCUT2D eigenvalue weighted by molar-refractivity contribution is -0.115. The molecule has 3 heterocycles. The van der Waals surface area contributed by atoms with E-state index < -0.39 is 0 Å². The highest BCUT2D eigenvalue weighted by atomic mass is 35.5. The smallest absolute Gasteiger partial charge is 0.228 e. The van der Waals surface area contributed by atoms with Crippen molar-refractivity contribution in [2.45, 2.75) is 13.3 Å². The van der Waals surface area contributed by atoms with E-state index in [1.807, 2.05) is 32.2 Å². The third-order valence-corrected chi connectivity index (χ3v) is 5.55. The van der Waals surface area contributed by atoms with Crippen LogP contribution in [0.25, 0.3) is 11.3 Å². The van der Waals surface area contributed by atoms with Gasteiger partial charge in [0.25, 0.3) is 0 Å². The molecule has 0 atom stereocenters. The average Bonchev–Trinajstić information content (AvgIpc) is 2.88. The molecule has 3 aromatic rings. The topological polar surface area (TPSA) is 86.3 Å². The first kappa shape index (κ1) is 22.0.